The topological polar surface area (TPSA) is 31.5 Å². The molecular weight excluding hydrogens is 105 g/mol. The van der Waals surface area contributed by atoms with Crippen LogP contribution in [-0.2, 0) is 0 Å². The quantitative estimate of drug-likeness (QED) is 0.333. The van der Waals surface area contributed by atoms with Crippen molar-refractivity contribution in [3.05, 3.63) is 0 Å². The van der Waals surface area contributed by atoms with Gasteiger partial charge in [-0.2, -0.15) is 0 Å². The Hall–Kier alpha value is 1.31. The molecule has 2 N–H and O–H groups in total. The summed E-state index contributed by atoms with van der Waals surface area (Å²) in [7, 11) is 4.56. The fourth-order valence-corrected chi connectivity index (χ4v) is 0. The second-order valence-corrected chi connectivity index (χ2v) is 0. The van der Waals surface area contributed by atoms with Crippen molar-refractivity contribution in [3.8, 4) is 0 Å². The molecule has 0 aliphatic rings. The van der Waals surface area contributed by atoms with Crippen LogP contribution in [0.2, 0.25) is 0 Å². The van der Waals surface area contributed by atoms with E-state index in [2.05, 4.69) is 10.0 Å². The number of halogens is 1. The highest BCUT2D eigenvalue weighted by Gasteiger charge is 1.04. The van der Waals surface area contributed by atoms with Gasteiger partial charge in [-0.1, -0.05) is 0 Å². The van der Waals surface area contributed by atoms with E-state index < -0.39 is 0 Å². The molecule has 0 fully saturated rings. The van der Waals surface area contributed by atoms with Crippen molar-refractivity contribution < 1.29 is 5.48 Å². The van der Waals surface area contributed by atoms with Gasteiger partial charge in [0.1, 0.15) is 0 Å². The number of hydrogen-bond acceptors (Lipinski definition) is 0. The zero-order valence-electron chi connectivity index (χ0n) is 1.46. The minimum atomic E-state index is 0. The molecule has 0 spiro atoms. The van der Waals surface area contributed by atoms with Gasteiger partial charge >= 0.3 is 0 Å². The highest BCUT2D eigenvalue weighted by atomic mass is 35.6. The van der Waals surface area contributed by atoms with Gasteiger partial charge in [0.25, 0.3) is 15.4 Å². The molecule has 0 aromatic rings. The Kier molecular flexibility index (Phi) is 127. The molecule has 0 atom stereocenters. The van der Waals surface area contributed by atoms with Crippen LogP contribution in [0.4, 0.5) is 0 Å². The maximum Gasteiger partial charge on any atom is 0.293 e. The fraction of sp³-hybridized carbons (Fsp3) is 0. The lowest BCUT2D eigenvalue weighted by molar-refractivity contribution is 0.824. The summed E-state index contributed by atoms with van der Waals surface area (Å²) in [5.41, 5.74) is 0. The molecule has 0 aliphatic heterocycles. The van der Waals surface area contributed by atoms with Gasteiger partial charge < -0.3 is 5.48 Å². The molecule has 0 aromatic carbocycles. The van der Waals surface area contributed by atoms with E-state index in [1.165, 1.54) is 0 Å². The van der Waals surface area contributed by atoms with Crippen LogP contribution in [0.3, 0.4) is 0 Å². The highest BCUT2D eigenvalue weighted by molar-refractivity contribution is 6.80. The molecule has 0 heterocycles. The Bertz CT molecular complexity index is 6.00. The molecule has 0 aromatic heterocycles. The Labute approximate surface area is 48.4 Å². The molecule has 0 aliphatic carbocycles. The molecule has 0 amide bonds. The fourth-order valence-electron chi connectivity index (χ4n) is 0. The third kappa shape index (κ3) is 10.3. The van der Waals surface area contributed by atoms with E-state index in [0.717, 1.165) is 0 Å². The summed E-state index contributed by atoms with van der Waals surface area (Å²) in [6.07, 6.45) is 0. The molecule has 0 unspecified atom stereocenters. The molecule has 0 bridgehead atoms. The van der Waals surface area contributed by atoms with Crippen molar-refractivity contribution in [1.82, 2.24) is 0 Å². The lowest BCUT2D eigenvalue weighted by Gasteiger charge is -1.04. The van der Waals surface area contributed by atoms with E-state index in [1.54, 1.807) is 0 Å². The second-order valence-electron chi connectivity index (χ2n) is 0. The third-order valence-corrected chi connectivity index (χ3v) is 0. The number of rotatable bonds is 0. The molecule has 4 heavy (non-hydrogen) atoms. The van der Waals surface area contributed by atoms with E-state index in [0.29, 0.717) is 0 Å². The first-order valence-corrected chi connectivity index (χ1v) is 1.96. The predicted molar refractivity (Wildman–Crippen MR) is 25.2 cm³/mol. The van der Waals surface area contributed by atoms with Gasteiger partial charge in [-0.3, -0.25) is 10.0 Å². The van der Waals surface area contributed by atoms with E-state index in [1.807, 2.05) is 15.4 Å². The Morgan fingerprint density at radius 3 is 1.25 bits per heavy atom. The summed E-state index contributed by atoms with van der Waals surface area (Å²) in [6.45, 7) is 0. The van der Waals surface area contributed by atoms with Gasteiger partial charge in [0, 0.05) is 0 Å². The maximum atomic E-state index is 4.56. The van der Waals surface area contributed by atoms with Crippen LogP contribution in [0.15, 0.2) is 0 Å². The van der Waals surface area contributed by atoms with Crippen molar-refractivity contribution >= 4 is 42.8 Å². The minimum Gasteiger partial charge on any atom is -0.412 e. The van der Waals surface area contributed by atoms with Gasteiger partial charge in [0.15, 0.2) is 17.4 Å². The number of hydrogen-bond donors (Lipinski definition) is 0. The second kappa shape index (κ2) is 27.4. The lowest BCUT2D eigenvalue weighted by atomic mass is 16.0. The van der Waals surface area contributed by atoms with Gasteiger partial charge in [-0.25, -0.2) is 0 Å². The lowest BCUT2D eigenvalue weighted by Crippen LogP contribution is -0.980. The van der Waals surface area contributed by atoms with E-state index in [9.17, 15) is 0 Å². The van der Waals surface area contributed by atoms with Crippen molar-refractivity contribution in [2.24, 2.45) is 0 Å². The monoisotopic (exact) mass is 110 g/mol. The molecule has 0 saturated carbocycles. The predicted octanol–water partition coefficient (Wildman–Crippen LogP) is -1.70. The van der Waals surface area contributed by atoms with Crippen molar-refractivity contribution in [2.45, 2.75) is 0 Å². The van der Waals surface area contributed by atoms with E-state index in [4.69, 9.17) is 0 Å². The molecule has 1 nitrogen and oxygen atoms in total. The Balaban J connectivity index is -0.00000000500. The van der Waals surface area contributed by atoms with Crippen LogP contribution < -0.4 is 0 Å². The molecule has 4 heteroatoms. The Morgan fingerprint density at radius 2 is 1.25 bits per heavy atom. The summed E-state index contributed by atoms with van der Waals surface area (Å²) in [6, 6.07) is 0. The van der Waals surface area contributed by atoms with E-state index >= 15 is 0 Å². The van der Waals surface area contributed by atoms with Crippen LogP contribution in [0.1, 0.15) is 0 Å². The normalized spacial score (nSPS) is 1.25. The zero-order valence-corrected chi connectivity index (χ0v) is 3.37. The smallest absolute Gasteiger partial charge is 0.293 e. The minimum absolute atomic E-state index is 0. The maximum absolute atomic E-state index is 4.56. The Morgan fingerprint density at radius 1 is 1.25 bits per heavy atom. The molecule has 0 rings (SSSR count). The molecule has 24 valence electrons. The molecular formula is H5Al2ClO. The van der Waals surface area contributed by atoms with Gasteiger partial charge in [0.05, 0.1) is 0 Å². The van der Waals surface area contributed by atoms with Crippen molar-refractivity contribution in [3.63, 3.8) is 0 Å². The largest absolute Gasteiger partial charge is 0.412 e. The third-order valence-electron chi connectivity index (χ3n) is 0. The summed E-state index contributed by atoms with van der Waals surface area (Å²) in [5, 5.41) is 0. The van der Waals surface area contributed by atoms with Gasteiger partial charge in [-0.05, 0) is 0 Å². The van der Waals surface area contributed by atoms with Gasteiger partial charge in [0.2, 0.25) is 0 Å². The molecule has 2 radical (unpaired) electrons. The van der Waals surface area contributed by atoms with Crippen LogP contribution in [0.25, 0.3) is 0 Å². The molecule has 0 saturated heterocycles. The summed E-state index contributed by atoms with van der Waals surface area (Å²) in [4.78, 5) is 0. The van der Waals surface area contributed by atoms with E-state index in [-0.39, 0.29) is 22.8 Å². The average Bonchev–Trinajstić information content (AvgIpc) is 1.00. The SMILES string of the molecule is O.[AlH3].[Al][Cl]. The summed E-state index contributed by atoms with van der Waals surface area (Å²) < 4.78 is 0. The summed E-state index contributed by atoms with van der Waals surface area (Å²) in [5.74, 6) is 0. The first kappa shape index (κ1) is 18.5. The zero-order chi connectivity index (χ0) is 2.00. The van der Waals surface area contributed by atoms with Crippen molar-refractivity contribution in [1.29, 1.82) is 0 Å². The van der Waals surface area contributed by atoms with Crippen LogP contribution in [0.5, 0.6) is 0 Å². The van der Waals surface area contributed by atoms with Gasteiger partial charge in [-0.15, -0.1) is 0 Å². The first-order valence-electron chi connectivity index (χ1n) is 0.218. The standard InChI is InChI=1S/2Al.ClH.H2O.3H/h;;1H;1H2;;;/q;+1;;;;;/p-1. The highest BCUT2D eigenvalue weighted by Crippen LogP contribution is 1.29. The average molecular weight is 110 g/mol. The first-order chi connectivity index (χ1) is 1.00. The van der Waals surface area contributed by atoms with Crippen LogP contribution in [-0.4, -0.2) is 38.2 Å². The van der Waals surface area contributed by atoms with Crippen LogP contribution >= 0.6 is 10.0 Å². The van der Waals surface area contributed by atoms with Crippen molar-refractivity contribution in [2.75, 3.05) is 0 Å². The van der Waals surface area contributed by atoms with Crippen LogP contribution in [0, 0.1) is 0 Å². The summed E-state index contributed by atoms with van der Waals surface area (Å²) >= 11 is 1.89.